The van der Waals surface area contributed by atoms with Crippen molar-refractivity contribution in [2.75, 3.05) is 24.3 Å². The molecule has 0 unspecified atom stereocenters. The van der Waals surface area contributed by atoms with Crippen LogP contribution in [0.25, 0.3) is 0 Å². The number of amides is 1. The van der Waals surface area contributed by atoms with Crippen LogP contribution in [0.3, 0.4) is 0 Å². The van der Waals surface area contributed by atoms with Crippen molar-refractivity contribution >= 4 is 17.3 Å². The molecule has 0 spiro atoms. The van der Waals surface area contributed by atoms with E-state index in [1.165, 1.54) is 5.56 Å². The summed E-state index contributed by atoms with van der Waals surface area (Å²) < 4.78 is 0. The Hall–Kier alpha value is -2.29. The molecule has 108 valence electrons. The minimum Gasteiger partial charge on any atom is -0.378 e. The van der Waals surface area contributed by atoms with Gasteiger partial charge >= 0.3 is 0 Å². The lowest BCUT2D eigenvalue weighted by Gasteiger charge is -2.13. The first-order valence-electron chi connectivity index (χ1n) is 7.28. The molecule has 21 heavy (non-hydrogen) atoms. The molecule has 2 aromatic rings. The Morgan fingerprint density at radius 1 is 1.05 bits per heavy atom. The van der Waals surface area contributed by atoms with Crippen LogP contribution in [-0.4, -0.2) is 20.0 Å². The number of anilines is 2. The average Bonchev–Trinajstić information content (AvgIpc) is 3.29. The molecule has 1 fully saturated rings. The number of benzene rings is 2. The monoisotopic (exact) mass is 280 g/mol. The third kappa shape index (κ3) is 3.07. The number of nitrogens with one attached hydrogen (secondary N) is 1. The van der Waals surface area contributed by atoms with Gasteiger partial charge in [-0.25, -0.2) is 0 Å². The second-order valence-electron chi connectivity index (χ2n) is 5.79. The van der Waals surface area contributed by atoms with E-state index in [0.717, 1.165) is 17.8 Å². The number of carbonyl (C=O) groups is 1. The van der Waals surface area contributed by atoms with Crippen molar-refractivity contribution in [2.24, 2.45) is 5.92 Å². The van der Waals surface area contributed by atoms with Gasteiger partial charge in [0, 0.05) is 31.4 Å². The molecule has 2 aromatic carbocycles. The fourth-order valence-electron chi connectivity index (χ4n) is 2.63. The standard InChI is InChI=1S/C18H20N2O/c1-20(2)15-10-8-14(9-11-15)19-18(21)17-12-16(17)13-6-4-3-5-7-13/h3-11,16-17H,12H2,1-2H3,(H,19,21)/t16-,17+/m0/s1. The molecule has 1 N–H and O–H groups in total. The lowest BCUT2D eigenvalue weighted by Crippen LogP contribution is -2.15. The van der Waals surface area contributed by atoms with Crippen LogP contribution in [0, 0.1) is 5.92 Å². The van der Waals surface area contributed by atoms with E-state index in [-0.39, 0.29) is 11.8 Å². The van der Waals surface area contributed by atoms with Crippen LogP contribution in [0.15, 0.2) is 54.6 Å². The fraction of sp³-hybridized carbons (Fsp3) is 0.278. The van der Waals surface area contributed by atoms with E-state index in [1.807, 2.05) is 61.5 Å². The van der Waals surface area contributed by atoms with E-state index in [9.17, 15) is 4.79 Å². The zero-order valence-corrected chi connectivity index (χ0v) is 12.4. The summed E-state index contributed by atoms with van der Waals surface area (Å²) in [5.41, 5.74) is 3.26. The maximum absolute atomic E-state index is 12.3. The van der Waals surface area contributed by atoms with Gasteiger partial charge in [0.25, 0.3) is 0 Å². The van der Waals surface area contributed by atoms with Gasteiger partial charge in [-0.1, -0.05) is 30.3 Å². The zero-order valence-electron chi connectivity index (χ0n) is 12.4. The highest BCUT2D eigenvalue weighted by Gasteiger charge is 2.43. The van der Waals surface area contributed by atoms with Crippen LogP contribution in [-0.2, 0) is 4.79 Å². The van der Waals surface area contributed by atoms with Gasteiger partial charge in [-0.2, -0.15) is 0 Å². The normalized spacial score (nSPS) is 19.9. The summed E-state index contributed by atoms with van der Waals surface area (Å²) >= 11 is 0. The number of rotatable bonds is 4. The smallest absolute Gasteiger partial charge is 0.228 e. The zero-order chi connectivity index (χ0) is 14.8. The number of nitrogens with zero attached hydrogens (tertiary/aromatic N) is 1. The summed E-state index contributed by atoms with van der Waals surface area (Å²) in [5.74, 6) is 0.620. The lowest BCUT2D eigenvalue weighted by atomic mass is 10.1. The Labute approximate surface area is 125 Å². The molecule has 1 saturated carbocycles. The van der Waals surface area contributed by atoms with E-state index in [0.29, 0.717) is 5.92 Å². The molecule has 0 aromatic heterocycles. The summed E-state index contributed by atoms with van der Waals surface area (Å²) in [6.45, 7) is 0. The number of carbonyl (C=O) groups excluding carboxylic acids is 1. The second kappa shape index (κ2) is 5.60. The van der Waals surface area contributed by atoms with Crippen LogP contribution < -0.4 is 10.2 Å². The van der Waals surface area contributed by atoms with Crippen molar-refractivity contribution < 1.29 is 4.79 Å². The maximum atomic E-state index is 12.3. The van der Waals surface area contributed by atoms with Crippen molar-refractivity contribution in [2.45, 2.75) is 12.3 Å². The first-order chi connectivity index (χ1) is 10.1. The van der Waals surface area contributed by atoms with Crippen LogP contribution in [0.4, 0.5) is 11.4 Å². The summed E-state index contributed by atoms with van der Waals surface area (Å²) in [6, 6.07) is 18.2. The molecule has 3 nitrogen and oxygen atoms in total. The van der Waals surface area contributed by atoms with Crippen molar-refractivity contribution in [3.8, 4) is 0 Å². The Balaban J connectivity index is 1.60. The molecule has 0 bridgehead atoms. The highest BCUT2D eigenvalue weighted by atomic mass is 16.2. The van der Waals surface area contributed by atoms with E-state index in [1.54, 1.807) is 0 Å². The Bertz CT molecular complexity index is 619. The molecule has 0 heterocycles. The summed E-state index contributed by atoms with van der Waals surface area (Å²) in [4.78, 5) is 14.3. The Morgan fingerprint density at radius 3 is 2.33 bits per heavy atom. The second-order valence-corrected chi connectivity index (χ2v) is 5.79. The van der Waals surface area contributed by atoms with Gasteiger partial charge in [0.1, 0.15) is 0 Å². The van der Waals surface area contributed by atoms with Crippen LogP contribution in [0.2, 0.25) is 0 Å². The Kier molecular flexibility index (Phi) is 3.65. The quantitative estimate of drug-likeness (QED) is 0.929. The van der Waals surface area contributed by atoms with E-state index >= 15 is 0 Å². The van der Waals surface area contributed by atoms with Crippen molar-refractivity contribution in [1.82, 2.24) is 0 Å². The van der Waals surface area contributed by atoms with Gasteiger partial charge in [0.15, 0.2) is 0 Å². The van der Waals surface area contributed by atoms with Gasteiger partial charge < -0.3 is 10.2 Å². The number of hydrogen-bond acceptors (Lipinski definition) is 2. The van der Waals surface area contributed by atoms with Gasteiger partial charge in [-0.05, 0) is 42.2 Å². The van der Waals surface area contributed by atoms with Gasteiger partial charge in [-0.3, -0.25) is 4.79 Å². The molecule has 3 heteroatoms. The van der Waals surface area contributed by atoms with E-state index in [4.69, 9.17) is 0 Å². The van der Waals surface area contributed by atoms with Crippen molar-refractivity contribution in [1.29, 1.82) is 0 Å². The highest BCUT2D eigenvalue weighted by molar-refractivity contribution is 5.95. The summed E-state index contributed by atoms with van der Waals surface area (Å²) in [6.07, 6.45) is 0.950. The molecule has 1 aliphatic carbocycles. The SMILES string of the molecule is CN(C)c1ccc(NC(=O)[C@@H]2C[C@H]2c2ccccc2)cc1. The molecule has 0 radical (unpaired) electrons. The largest absolute Gasteiger partial charge is 0.378 e. The first kappa shape index (κ1) is 13.7. The minimum atomic E-state index is 0.112. The first-order valence-corrected chi connectivity index (χ1v) is 7.28. The number of hydrogen-bond donors (Lipinski definition) is 1. The van der Waals surface area contributed by atoms with Crippen molar-refractivity contribution in [3.05, 3.63) is 60.2 Å². The Morgan fingerprint density at radius 2 is 1.71 bits per heavy atom. The van der Waals surface area contributed by atoms with Gasteiger partial charge in [0.2, 0.25) is 5.91 Å². The molecular weight excluding hydrogens is 260 g/mol. The average molecular weight is 280 g/mol. The molecule has 2 atom stereocenters. The van der Waals surface area contributed by atoms with Crippen molar-refractivity contribution in [3.63, 3.8) is 0 Å². The molecule has 1 amide bonds. The molecular formula is C18H20N2O. The van der Waals surface area contributed by atoms with Gasteiger partial charge in [0.05, 0.1) is 0 Å². The van der Waals surface area contributed by atoms with Gasteiger partial charge in [-0.15, -0.1) is 0 Å². The highest BCUT2D eigenvalue weighted by Crippen LogP contribution is 2.47. The maximum Gasteiger partial charge on any atom is 0.228 e. The van der Waals surface area contributed by atoms with Crippen LogP contribution >= 0.6 is 0 Å². The van der Waals surface area contributed by atoms with E-state index in [2.05, 4.69) is 17.4 Å². The molecule has 0 saturated heterocycles. The lowest BCUT2D eigenvalue weighted by molar-refractivity contribution is -0.117. The topological polar surface area (TPSA) is 32.3 Å². The molecule has 0 aliphatic heterocycles. The third-order valence-corrected chi connectivity index (χ3v) is 4.01. The molecule has 1 aliphatic rings. The third-order valence-electron chi connectivity index (χ3n) is 4.01. The summed E-state index contributed by atoms with van der Waals surface area (Å²) in [7, 11) is 4.00. The van der Waals surface area contributed by atoms with Crippen LogP contribution in [0.1, 0.15) is 17.9 Å². The predicted octanol–water partition coefficient (Wildman–Crippen LogP) is 3.49. The summed E-state index contributed by atoms with van der Waals surface area (Å²) in [5, 5.41) is 3.01. The predicted molar refractivity (Wildman–Crippen MR) is 86.7 cm³/mol. The fourth-order valence-corrected chi connectivity index (χ4v) is 2.63. The van der Waals surface area contributed by atoms with Crippen LogP contribution in [0.5, 0.6) is 0 Å². The van der Waals surface area contributed by atoms with E-state index < -0.39 is 0 Å². The minimum absolute atomic E-state index is 0.112. The molecule has 3 rings (SSSR count).